The van der Waals surface area contributed by atoms with Crippen LogP contribution < -0.4 is 4.74 Å². The van der Waals surface area contributed by atoms with E-state index in [1.165, 1.54) is 10.4 Å². The summed E-state index contributed by atoms with van der Waals surface area (Å²) in [5.41, 5.74) is 1.44. The van der Waals surface area contributed by atoms with Crippen LogP contribution in [0.1, 0.15) is 30.0 Å². The van der Waals surface area contributed by atoms with Gasteiger partial charge < -0.3 is 4.74 Å². The lowest BCUT2D eigenvalue weighted by Gasteiger charge is -2.25. The van der Waals surface area contributed by atoms with Crippen LogP contribution >= 0.6 is 0 Å². The van der Waals surface area contributed by atoms with Crippen LogP contribution in [0.3, 0.4) is 0 Å². The minimum Gasteiger partial charge on any atom is -0.494 e. The molecule has 9 heteroatoms. The van der Waals surface area contributed by atoms with Gasteiger partial charge >= 0.3 is 6.18 Å². The highest BCUT2D eigenvalue weighted by atomic mass is 32.2. The molecule has 0 spiro atoms. The van der Waals surface area contributed by atoms with Crippen molar-refractivity contribution in [1.82, 2.24) is 9.29 Å². The number of nitrogens with zero attached hydrogens (tertiary/aromatic N) is 2. The maximum atomic E-state index is 13.3. The van der Waals surface area contributed by atoms with E-state index in [1.54, 1.807) is 19.5 Å². The minimum atomic E-state index is -4.62. The zero-order valence-corrected chi connectivity index (χ0v) is 18.0. The number of hydrogen-bond acceptors (Lipinski definition) is 4. The van der Waals surface area contributed by atoms with E-state index in [9.17, 15) is 21.6 Å². The maximum absolute atomic E-state index is 13.3. The summed E-state index contributed by atoms with van der Waals surface area (Å²) in [4.78, 5) is 3.70. The van der Waals surface area contributed by atoms with Gasteiger partial charge in [-0.2, -0.15) is 17.5 Å². The van der Waals surface area contributed by atoms with Crippen molar-refractivity contribution in [1.29, 1.82) is 0 Å². The molecule has 2 aromatic carbocycles. The van der Waals surface area contributed by atoms with Crippen LogP contribution in [0.5, 0.6) is 5.75 Å². The molecular weight excluding hydrogens is 441 g/mol. The Labute approximate surface area is 184 Å². The zero-order valence-electron chi connectivity index (χ0n) is 17.2. The molecule has 0 aliphatic carbocycles. The van der Waals surface area contributed by atoms with E-state index < -0.39 is 27.8 Å². The molecule has 3 aromatic rings. The maximum Gasteiger partial charge on any atom is 0.416 e. The molecule has 1 unspecified atom stereocenters. The quantitative estimate of drug-likeness (QED) is 0.516. The average Bonchev–Trinajstić information content (AvgIpc) is 3.30. The Morgan fingerprint density at radius 3 is 2.62 bits per heavy atom. The van der Waals surface area contributed by atoms with E-state index in [0.717, 1.165) is 28.8 Å². The number of hydrogen-bond donors (Lipinski definition) is 0. The largest absolute Gasteiger partial charge is 0.494 e. The molecule has 4 rings (SSSR count). The lowest BCUT2D eigenvalue weighted by Crippen LogP contribution is -2.31. The van der Waals surface area contributed by atoms with Crippen molar-refractivity contribution in [2.75, 3.05) is 13.7 Å². The fourth-order valence-corrected chi connectivity index (χ4v) is 5.75. The van der Waals surface area contributed by atoms with E-state index in [1.807, 2.05) is 30.3 Å². The van der Waals surface area contributed by atoms with Crippen molar-refractivity contribution in [3.05, 3.63) is 78.1 Å². The van der Waals surface area contributed by atoms with Gasteiger partial charge in [0.05, 0.1) is 29.8 Å². The summed E-state index contributed by atoms with van der Waals surface area (Å²) in [5, 5.41) is 0. The molecule has 1 aliphatic rings. The van der Waals surface area contributed by atoms with Crippen LogP contribution in [0.25, 0.3) is 11.1 Å². The number of aromatic nitrogens is 1. The van der Waals surface area contributed by atoms with E-state index >= 15 is 0 Å². The van der Waals surface area contributed by atoms with Gasteiger partial charge in [-0.15, -0.1) is 0 Å². The second kappa shape index (κ2) is 8.55. The van der Waals surface area contributed by atoms with E-state index in [0.29, 0.717) is 24.7 Å². The second-order valence-electron chi connectivity index (χ2n) is 7.50. The number of benzene rings is 2. The van der Waals surface area contributed by atoms with Gasteiger partial charge in [0.1, 0.15) is 5.75 Å². The molecule has 1 atom stereocenters. The standard InChI is InChI=1S/C23H21F3N2O3S/c1-31-22-15-27-11-10-20(22)16-5-2-6-17(13-16)21-9-4-12-28(21)32(29,30)19-8-3-7-18(14-19)23(24,25)26/h2-3,5-8,10-11,13-15,21H,4,9,12H2,1H3. The number of methoxy groups -OCH3 is 1. The Morgan fingerprint density at radius 2 is 1.88 bits per heavy atom. The number of rotatable bonds is 5. The van der Waals surface area contributed by atoms with Gasteiger partial charge in [0, 0.05) is 18.3 Å². The Balaban J connectivity index is 1.70. The Hall–Kier alpha value is -2.91. The number of halogens is 3. The molecule has 5 nitrogen and oxygen atoms in total. The first-order valence-corrected chi connectivity index (χ1v) is 11.4. The van der Waals surface area contributed by atoms with Crippen LogP contribution in [0.15, 0.2) is 71.9 Å². The van der Waals surface area contributed by atoms with E-state index in [4.69, 9.17) is 4.74 Å². The average molecular weight is 462 g/mol. The lowest BCUT2D eigenvalue weighted by molar-refractivity contribution is -0.137. The predicted octanol–water partition coefficient (Wildman–Crippen LogP) is 5.30. The Bertz CT molecular complexity index is 1230. The molecule has 0 radical (unpaired) electrons. The van der Waals surface area contributed by atoms with Gasteiger partial charge in [-0.25, -0.2) is 8.42 Å². The molecule has 1 aromatic heterocycles. The van der Waals surface area contributed by atoms with Gasteiger partial charge in [0.15, 0.2) is 0 Å². The molecule has 0 amide bonds. The fourth-order valence-electron chi connectivity index (χ4n) is 4.02. The summed E-state index contributed by atoms with van der Waals surface area (Å²) in [5.74, 6) is 0.588. The molecule has 32 heavy (non-hydrogen) atoms. The van der Waals surface area contributed by atoms with Gasteiger partial charge in [0.2, 0.25) is 10.0 Å². The van der Waals surface area contributed by atoms with Crippen molar-refractivity contribution < 1.29 is 26.3 Å². The third-order valence-electron chi connectivity index (χ3n) is 5.56. The van der Waals surface area contributed by atoms with Crippen LogP contribution in [0.2, 0.25) is 0 Å². The molecule has 2 heterocycles. The van der Waals surface area contributed by atoms with Crippen molar-refractivity contribution in [3.8, 4) is 16.9 Å². The molecular formula is C23H21F3N2O3S. The fraction of sp³-hybridized carbons (Fsp3) is 0.261. The highest BCUT2D eigenvalue weighted by Crippen LogP contribution is 2.39. The molecule has 0 N–H and O–H groups in total. The monoisotopic (exact) mass is 462 g/mol. The van der Waals surface area contributed by atoms with E-state index in [2.05, 4.69) is 4.98 Å². The summed E-state index contributed by atoms with van der Waals surface area (Å²) in [6, 6.07) is 12.7. The third-order valence-corrected chi connectivity index (χ3v) is 7.46. The van der Waals surface area contributed by atoms with Gasteiger partial charge in [-0.3, -0.25) is 4.98 Å². The highest BCUT2D eigenvalue weighted by Gasteiger charge is 2.38. The SMILES string of the molecule is COc1cnccc1-c1cccc(C2CCCN2S(=O)(=O)c2cccc(C(F)(F)F)c2)c1. The molecule has 1 saturated heterocycles. The van der Waals surface area contributed by atoms with Crippen LogP contribution in [0, 0.1) is 0 Å². The first kappa shape index (κ1) is 22.3. The summed E-state index contributed by atoms with van der Waals surface area (Å²) >= 11 is 0. The van der Waals surface area contributed by atoms with E-state index in [-0.39, 0.29) is 11.4 Å². The second-order valence-corrected chi connectivity index (χ2v) is 9.39. The highest BCUT2D eigenvalue weighted by molar-refractivity contribution is 7.89. The smallest absolute Gasteiger partial charge is 0.416 e. The topological polar surface area (TPSA) is 59.5 Å². The predicted molar refractivity (Wildman–Crippen MR) is 114 cm³/mol. The molecule has 0 saturated carbocycles. The van der Waals surface area contributed by atoms with Gasteiger partial charge in [-0.1, -0.05) is 24.3 Å². The first-order chi connectivity index (χ1) is 15.2. The van der Waals surface area contributed by atoms with Crippen LogP contribution in [-0.4, -0.2) is 31.4 Å². The summed E-state index contributed by atoms with van der Waals surface area (Å²) in [7, 11) is -2.56. The molecule has 1 aliphatic heterocycles. The summed E-state index contributed by atoms with van der Waals surface area (Å²) in [6.45, 7) is 0.242. The molecule has 0 bridgehead atoms. The molecule has 1 fully saturated rings. The third kappa shape index (κ3) is 4.22. The number of sulfonamides is 1. The van der Waals surface area contributed by atoms with Gasteiger partial charge in [-0.05, 0) is 54.3 Å². The number of alkyl halides is 3. The lowest BCUT2D eigenvalue weighted by atomic mass is 9.99. The number of pyridine rings is 1. The van der Waals surface area contributed by atoms with Crippen molar-refractivity contribution in [2.45, 2.75) is 30.0 Å². The summed E-state index contributed by atoms with van der Waals surface area (Å²) in [6.07, 6.45) is -0.179. The van der Waals surface area contributed by atoms with Gasteiger partial charge in [0.25, 0.3) is 0 Å². The first-order valence-electron chi connectivity index (χ1n) is 9.99. The van der Waals surface area contributed by atoms with Crippen LogP contribution in [-0.2, 0) is 16.2 Å². The Morgan fingerprint density at radius 1 is 1.09 bits per heavy atom. The molecule has 168 valence electrons. The van der Waals surface area contributed by atoms with Crippen molar-refractivity contribution >= 4 is 10.0 Å². The Kier molecular flexibility index (Phi) is 5.96. The van der Waals surface area contributed by atoms with Crippen molar-refractivity contribution in [2.24, 2.45) is 0 Å². The van der Waals surface area contributed by atoms with Crippen molar-refractivity contribution in [3.63, 3.8) is 0 Å². The zero-order chi connectivity index (χ0) is 22.9. The number of ether oxygens (including phenoxy) is 1. The van der Waals surface area contributed by atoms with Crippen LogP contribution in [0.4, 0.5) is 13.2 Å². The minimum absolute atomic E-state index is 0.242. The summed E-state index contributed by atoms with van der Waals surface area (Å²) < 4.78 is 72.6. The normalized spacial score (nSPS) is 17.4.